The molecule has 1 aliphatic rings. The molecule has 2 aromatic heterocycles. The number of anilines is 1. The van der Waals surface area contributed by atoms with E-state index in [4.69, 9.17) is 21.3 Å². The molecule has 0 spiro atoms. The maximum atomic E-state index is 13.6. The molecule has 1 fully saturated rings. The van der Waals surface area contributed by atoms with Gasteiger partial charge in [-0.05, 0) is 30.3 Å². The molecule has 3 heterocycles. The molecule has 3 amide bonds. The van der Waals surface area contributed by atoms with Crippen LogP contribution in [0.15, 0.2) is 47.1 Å². The van der Waals surface area contributed by atoms with Crippen LogP contribution in [0.1, 0.15) is 27.3 Å². The Hall–Kier alpha value is -4.04. The molecule has 9 nitrogen and oxygen atoms in total. The van der Waals surface area contributed by atoms with Crippen LogP contribution in [0.2, 0.25) is 5.02 Å². The highest BCUT2D eigenvalue weighted by Crippen LogP contribution is 2.31. The number of amides is 3. The Kier molecular flexibility index (Phi) is 6.17. The van der Waals surface area contributed by atoms with Crippen LogP contribution < -0.4 is 10.6 Å². The van der Waals surface area contributed by atoms with Gasteiger partial charge in [-0.15, -0.1) is 0 Å². The molecule has 1 aliphatic heterocycles. The van der Waals surface area contributed by atoms with Crippen LogP contribution >= 0.6 is 11.6 Å². The largest absolute Gasteiger partial charge is 0.451 e. The predicted octanol–water partition coefficient (Wildman–Crippen LogP) is 3.22. The van der Waals surface area contributed by atoms with Crippen LogP contribution in [0.25, 0.3) is 11.0 Å². The summed E-state index contributed by atoms with van der Waals surface area (Å²) >= 11 is 5.94. The molecule has 0 bridgehead atoms. The van der Waals surface area contributed by atoms with E-state index in [2.05, 4.69) is 15.6 Å². The van der Waals surface area contributed by atoms with Crippen molar-refractivity contribution < 1.29 is 27.6 Å². The van der Waals surface area contributed by atoms with Crippen LogP contribution in [0, 0.1) is 11.3 Å². The van der Waals surface area contributed by atoms with Gasteiger partial charge in [0.15, 0.2) is 5.76 Å². The molecule has 1 unspecified atom stereocenters. The molecule has 0 radical (unpaired) electrons. The van der Waals surface area contributed by atoms with Crippen LogP contribution in [0.5, 0.6) is 0 Å². The number of likely N-dealkylation sites (tertiary alicyclic amines) is 1. The Bertz CT molecular complexity index is 1340. The lowest BCUT2D eigenvalue weighted by Gasteiger charge is -2.19. The monoisotopic (exact) mass is 487 g/mol. The highest BCUT2D eigenvalue weighted by molar-refractivity contribution is 6.31. The van der Waals surface area contributed by atoms with Gasteiger partial charge < -0.3 is 20.0 Å². The fourth-order valence-corrected chi connectivity index (χ4v) is 3.73. The van der Waals surface area contributed by atoms with E-state index in [0.717, 1.165) is 4.90 Å². The summed E-state index contributed by atoms with van der Waals surface area (Å²) in [5.41, 5.74) is 0.470. The van der Waals surface area contributed by atoms with E-state index in [1.165, 1.54) is 24.5 Å². The van der Waals surface area contributed by atoms with Gasteiger partial charge in [-0.3, -0.25) is 19.4 Å². The highest BCUT2D eigenvalue weighted by Gasteiger charge is 2.47. The number of benzene rings is 1. The van der Waals surface area contributed by atoms with Crippen LogP contribution in [-0.4, -0.2) is 52.7 Å². The summed E-state index contributed by atoms with van der Waals surface area (Å²) in [6, 6.07) is 8.06. The molecule has 1 aromatic carbocycles. The number of alkyl halides is 2. The van der Waals surface area contributed by atoms with Gasteiger partial charge in [-0.1, -0.05) is 11.6 Å². The molecule has 1 atom stereocenters. The lowest BCUT2D eigenvalue weighted by Crippen LogP contribution is -2.43. The normalized spacial score (nSPS) is 16.8. The number of aromatic nitrogens is 1. The van der Waals surface area contributed by atoms with Crippen molar-refractivity contribution in [2.75, 3.05) is 18.4 Å². The molecule has 3 aromatic rings. The molecule has 0 saturated carbocycles. The van der Waals surface area contributed by atoms with Crippen molar-refractivity contribution in [3.8, 4) is 6.07 Å². The quantitative estimate of drug-likeness (QED) is 0.568. The predicted molar refractivity (Wildman–Crippen MR) is 116 cm³/mol. The van der Waals surface area contributed by atoms with Gasteiger partial charge >= 0.3 is 0 Å². The average molecular weight is 488 g/mol. The third kappa shape index (κ3) is 4.82. The molecule has 34 heavy (non-hydrogen) atoms. The number of carbonyl (C=O) groups is 3. The summed E-state index contributed by atoms with van der Waals surface area (Å²) in [4.78, 5) is 42.2. The van der Waals surface area contributed by atoms with Gasteiger partial charge in [0.1, 0.15) is 11.6 Å². The van der Waals surface area contributed by atoms with E-state index in [1.807, 2.05) is 0 Å². The van der Waals surface area contributed by atoms with E-state index >= 15 is 0 Å². The first-order chi connectivity index (χ1) is 16.2. The van der Waals surface area contributed by atoms with Crippen LogP contribution in [-0.2, 0) is 4.79 Å². The number of nitrogens with one attached hydrogen (secondary N) is 2. The molecule has 2 N–H and O–H groups in total. The average Bonchev–Trinajstić information content (AvgIpc) is 3.37. The van der Waals surface area contributed by atoms with Gasteiger partial charge in [-0.2, -0.15) is 5.26 Å². The fourth-order valence-electron chi connectivity index (χ4n) is 3.55. The number of hydrogen-bond donors (Lipinski definition) is 2. The smallest absolute Gasteiger partial charge is 0.291 e. The number of nitrogens with zero attached hydrogens (tertiary/aromatic N) is 3. The first-order valence-electron chi connectivity index (χ1n) is 9.96. The molecule has 1 saturated heterocycles. The second kappa shape index (κ2) is 9.07. The zero-order chi connectivity index (χ0) is 24.5. The summed E-state index contributed by atoms with van der Waals surface area (Å²) in [5, 5.41) is 15.0. The van der Waals surface area contributed by atoms with E-state index in [9.17, 15) is 23.2 Å². The molecular weight excluding hydrogens is 472 g/mol. The van der Waals surface area contributed by atoms with Crippen molar-refractivity contribution in [3.05, 3.63) is 59.1 Å². The number of nitriles is 1. The Morgan fingerprint density at radius 2 is 2.06 bits per heavy atom. The van der Waals surface area contributed by atoms with Crippen molar-refractivity contribution in [3.63, 3.8) is 0 Å². The van der Waals surface area contributed by atoms with Crippen molar-refractivity contribution in [1.82, 2.24) is 15.2 Å². The van der Waals surface area contributed by atoms with E-state index < -0.39 is 49.2 Å². The Morgan fingerprint density at radius 3 is 2.82 bits per heavy atom. The third-order valence-electron chi connectivity index (χ3n) is 5.16. The van der Waals surface area contributed by atoms with Gasteiger partial charge in [-0.25, -0.2) is 8.78 Å². The standard InChI is InChI=1S/C22H16ClF2N5O4/c23-13-1-2-17-12(5-13)6-18(34-17)21(33)29-16-9-27-4-3-15(16)20(32)28-10-19(31)30-11-22(24,25)7-14(30)8-26/h1-6,9,14H,7,10-11H2,(H,28,32)(H,29,33). The van der Waals surface area contributed by atoms with Crippen molar-refractivity contribution in [2.24, 2.45) is 0 Å². The SMILES string of the molecule is N#CC1CC(F)(F)CN1C(=O)CNC(=O)c1ccncc1NC(=O)c1cc2cc(Cl)ccc2o1. The number of carbonyl (C=O) groups excluding carboxylic acids is 3. The number of furan rings is 1. The lowest BCUT2D eigenvalue weighted by molar-refractivity contribution is -0.131. The fraction of sp³-hybridized carbons (Fsp3) is 0.227. The van der Waals surface area contributed by atoms with E-state index in [1.54, 1.807) is 24.3 Å². The third-order valence-corrected chi connectivity index (χ3v) is 5.39. The summed E-state index contributed by atoms with van der Waals surface area (Å²) in [6.45, 7) is -1.49. The lowest BCUT2D eigenvalue weighted by atomic mass is 10.2. The second-order valence-corrected chi connectivity index (χ2v) is 8.01. The van der Waals surface area contributed by atoms with E-state index in [-0.39, 0.29) is 17.0 Å². The van der Waals surface area contributed by atoms with Gasteiger partial charge in [0, 0.05) is 23.0 Å². The molecule has 12 heteroatoms. The maximum Gasteiger partial charge on any atom is 0.291 e. The zero-order valence-corrected chi connectivity index (χ0v) is 18.1. The minimum Gasteiger partial charge on any atom is -0.451 e. The second-order valence-electron chi connectivity index (χ2n) is 7.58. The van der Waals surface area contributed by atoms with Crippen LogP contribution in [0.3, 0.4) is 0 Å². The summed E-state index contributed by atoms with van der Waals surface area (Å²) < 4.78 is 32.6. The Morgan fingerprint density at radius 1 is 1.26 bits per heavy atom. The first-order valence-corrected chi connectivity index (χ1v) is 10.3. The van der Waals surface area contributed by atoms with Crippen molar-refractivity contribution in [1.29, 1.82) is 5.26 Å². The number of rotatable bonds is 5. The minimum absolute atomic E-state index is 0.0149. The van der Waals surface area contributed by atoms with Crippen molar-refractivity contribution >= 4 is 46.0 Å². The van der Waals surface area contributed by atoms with Crippen LogP contribution in [0.4, 0.5) is 14.5 Å². The summed E-state index contributed by atoms with van der Waals surface area (Å²) in [6.07, 6.45) is 1.79. The number of hydrogen-bond acceptors (Lipinski definition) is 6. The number of pyridine rings is 1. The molecule has 174 valence electrons. The van der Waals surface area contributed by atoms with Gasteiger partial charge in [0.25, 0.3) is 17.7 Å². The van der Waals surface area contributed by atoms with Crippen molar-refractivity contribution in [2.45, 2.75) is 18.4 Å². The zero-order valence-electron chi connectivity index (χ0n) is 17.3. The first kappa shape index (κ1) is 23.1. The minimum atomic E-state index is -3.16. The highest BCUT2D eigenvalue weighted by atomic mass is 35.5. The molecule has 0 aliphatic carbocycles. The van der Waals surface area contributed by atoms with E-state index in [0.29, 0.717) is 16.0 Å². The summed E-state index contributed by atoms with van der Waals surface area (Å²) in [7, 11) is 0. The molecule has 4 rings (SSSR count). The summed E-state index contributed by atoms with van der Waals surface area (Å²) in [5.74, 6) is -5.41. The maximum absolute atomic E-state index is 13.6. The Balaban J connectivity index is 1.44. The van der Waals surface area contributed by atoms with Gasteiger partial charge in [0.2, 0.25) is 5.91 Å². The number of fused-ring (bicyclic) bond motifs is 1. The number of halogens is 3. The topological polar surface area (TPSA) is 128 Å². The van der Waals surface area contributed by atoms with Gasteiger partial charge in [0.05, 0.1) is 36.6 Å². The molecular formula is C22H16ClF2N5O4. The Labute approximate surface area is 196 Å².